The molecule has 4 nitrogen and oxygen atoms in total. The lowest BCUT2D eigenvalue weighted by Gasteiger charge is -2.29. The van der Waals surface area contributed by atoms with Crippen molar-refractivity contribution in [3.05, 3.63) is 24.3 Å². The molecule has 0 heterocycles. The summed E-state index contributed by atoms with van der Waals surface area (Å²) in [5.74, 6) is 0. The molecule has 0 bridgehead atoms. The van der Waals surface area contributed by atoms with Crippen LogP contribution >= 0.6 is 11.8 Å². The van der Waals surface area contributed by atoms with Crippen LogP contribution in [-0.4, -0.2) is 26.0 Å². The molecule has 0 radical (unpaired) electrons. The first-order chi connectivity index (χ1) is 9.00. The molecular weight excluding hydrogens is 280 g/mol. The normalized spacial score (nSPS) is 24.1. The van der Waals surface area contributed by atoms with E-state index in [4.69, 9.17) is 5.14 Å². The van der Waals surface area contributed by atoms with Crippen molar-refractivity contribution in [1.29, 1.82) is 0 Å². The highest BCUT2D eigenvalue weighted by Gasteiger charge is 2.23. The fraction of sp³-hybridized carbons (Fsp3) is 0.538. The van der Waals surface area contributed by atoms with Gasteiger partial charge in [0.25, 0.3) is 0 Å². The molecule has 2 unspecified atom stereocenters. The first-order valence-corrected chi connectivity index (χ1v) is 9.25. The molecule has 6 heteroatoms. The van der Waals surface area contributed by atoms with Gasteiger partial charge < -0.3 is 5.32 Å². The summed E-state index contributed by atoms with van der Waals surface area (Å²) in [6, 6.07) is 7.17. The number of para-hydroxylation sites is 1. The van der Waals surface area contributed by atoms with E-state index in [1.54, 1.807) is 18.2 Å². The van der Waals surface area contributed by atoms with Gasteiger partial charge in [-0.3, -0.25) is 0 Å². The Morgan fingerprint density at radius 2 is 2.05 bits per heavy atom. The molecule has 0 aromatic heterocycles. The van der Waals surface area contributed by atoms with Crippen molar-refractivity contribution in [3.63, 3.8) is 0 Å². The predicted molar refractivity (Wildman–Crippen MR) is 81.0 cm³/mol. The van der Waals surface area contributed by atoms with E-state index in [2.05, 4.69) is 11.6 Å². The maximum atomic E-state index is 11.5. The summed E-state index contributed by atoms with van der Waals surface area (Å²) in [6.07, 6.45) is 6.71. The molecular formula is C13H20N2O2S2. The summed E-state index contributed by atoms with van der Waals surface area (Å²) in [5, 5.41) is 9.25. The van der Waals surface area contributed by atoms with Gasteiger partial charge in [-0.1, -0.05) is 18.6 Å². The highest BCUT2D eigenvalue weighted by atomic mass is 32.2. The summed E-state index contributed by atoms with van der Waals surface area (Å²) in [4.78, 5) is 0.182. The second-order valence-electron chi connectivity index (χ2n) is 4.91. The van der Waals surface area contributed by atoms with Gasteiger partial charge in [0, 0.05) is 11.3 Å². The molecule has 2 rings (SSSR count). The molecule has 1 saturated carbocycles. The van der Waals surface area contributed by atoms with Crippen LogP contribution in [0.1, 0.15) is 25.7 Å². The Labute approximate surface area is 119 Å². The van der Waals surface area contributed by atoms with E-state index >= 15 is 0 Å². The lowest BCUT2D eigenvalue weighted by Crippen LogP contribution is -2.29. The fourth-order valence-corrected chi connectivity index (χ4v) is 4.07. The van der Waals surface area contributed by atoms with Crippen LogP contribution in [0, 0.1) is 0 Å². The smallest absolute Gasteiger partial charge is 0.240 e. The van der Waals surface area contributed by atoms with E-state index in [1.165, 1.54) is 12.8 Å². The van der Waals surface area contributed by atoms with E-state index in [-0.39, 0.29) is 4.90 Å². The minimum Gasteiger partial charge on any atom is -0.381 e. The average Bonchev–Trinajstić information content (AvgIpc) is 2.38. The molecule has 0 aliphatic heterocycles. The Hall–Kier alpha value is -0.720. The first kappa shape index (κ1) is 14.7. The van der Waals surface area contributed by atoms with Crippen molar-refractivity contribution < 1.29 is 8.42 Å². The van der Waals surface area contributed by atoms with E-state index < -0.39 is 10.0 Å². The lowest BCUT2D eigenvalue weighted by molar-refractivity contribution is 0.473. The minimum atomic E-state index is -3.67. The van der Waals surface area contributed by atoms with Crippen LogP contribution in [0.15, 0.2) is 29.2 Å². The topological polar surface area (TPSA) is 72.2 Å². The Kier molecular flexibility index (Phi) is 4.76. The number of thioether (sulfide) groups is 1. The molecule has 1 aliphatic carbocycles. The van der Waals surface area contributed by atoms with Crippen molar-refractivity contribution >= 4 is 27.5 Å². The lowest BCUT2D eigenvalue weighted by atomic mass is 9.95. The van der Waals surface area contributed by atoms with Crippen molar-refractivity contribution in [2.45, 2.75) is 41.9 Å². The molecule has 19 heavy (non-hydrogen) atoms. The third kappa shape index (κ3) is 3.87. The maximum absolute atomic E-state index is 11.5. The Balaban J connectivity index is 2.15. The zero-order chi connectivity index (χ0) is 13.9. The molecule has 0 spiro atoms. The van der Waals surface area contributed by atoms with Gasteiger partial charge in [-0.25, -0.2) is 13.6 Å². The van der Waals surface area contributed by atoms with Gasteiger partial charge in [-0.2, -0.15) is 11.8 Å². The predicted octanol–water partition coefficient (Wildman–Crippen LogP) is 2.42. The summed E-state index contributed by atoms with van der Waals surface area (Å²) in [5.41, 5.74) is 0.622. The zero-order valence-corrected chi connectivity index (χ0v) is 12.6. The number of anilines is 1. The van der Waals surface area contributed by atoms with E-state index in [0.29, 0.717) is 17.0 Å². The average molecular weight is 300 g/mol. The van der Waals surface area contributed by atoms with E-state index in [1.807, 2.05) is 17.8 Å². The highest BCUT2D eigenvalue weighted by Crippen LogP contribution is 2.30. The van der Waals surface area contributed by atoms with Gasteiger partial charge >= 0.3 is 0 Å². The van der Waals surface area contributed by atoms with Crippen LogP contribution in [0.3, 0.4) is 0 Å². The standard InChI is InChI=1S/C13H20N2O2S2/c1-18-11-6-4-5-10(9-11)15-12-7-2-3-8-13(12)19(14,16)17/h2-3,7-8,10-11,15H,4-6,9H2,1H3,(H2,14,16,17). The zero-order valence-electron chi connectivity index (χ0n) is 11.0. The van der Waals surface area contributed by atoms with Gasteiger partial charge in [0.1, 0.15) is 4.90 Å². The summed E-state index contributed by atoms with van der Waals surface area (Å²) in [7, 11) is -3.67. The number of benzene rings is 1. The first-order valence-electron chi connectivity index (χ1n) is 6.42. The van der Waals surface area contributed by atoms with Crippen LogP contribution in [0.4, 0.5) is 5.69 Å². The Morgan fingerprint density at radius 1 is 1.32 bits per heavy atom. The van der Waals surface area contributed by atoms with Crippen molar-refractivity contribution in [2.24, 2.45) is 5.14 Å². The molecule has 0 amide bonds. The molecule has 3 N–H and O–H groups in total. The maximum Gasteiger partial charge on any atom is 0.240 e. The molecule has 1 aromatic rings. The second-order valence-corrected chi connectivity index (χ2v) is 7.57. The summed E-state index contributed by atoms with van der Waals surface area (Å²) in [6.45, 7) is 0. The number of sulfonamides is 1. The van der Waals surface area contributed by atoms with Crippen molar-refractivity contribution in [1.82, 2.24) is 0 Å². The Morgan fingerprint density at radius 3 is 2.74 bits per heavy atom. The van der Waals surface area contributed by atoms with Crippen molar-refractivity contribution in [2.75, 3.05) is 11.6 Å². The van der Waals surface area contributed by atoms with Crippen molar-refractivity contribution in [3.8, 4) is 0 Å². The van der Waals surface area contributed by atoms with Gasteiger partial charge in [-0.05, 0) is 37.7 Å². The quantitative estimate of drug-likeness (QED) is 0.895. The number of hydrogen-bond donors (Lipinski definition) is 2. The Bertz CT molecular complexity index is 531. The minimum absolute atomic E-state index is 0.182. The molecule has 0 saturated heterocycles. The van der Waals surface area contributed by atoms with Gasteiger partial charge in [-0.15, -0.1) is 0 Å². The SMILES string of the molecule is CSC1CCCC(Nc2ccccc2S(N)(=O)=O)C1. The molecule has 1 aliphatic rings. The number of nitrogens with two attached hydrogens (primary N) is 1. The number of rotatable bonds is 4. The molecule has 1 fully saturated rings. The van der Waals surface area contributed by atoms with Crippen LogP contribution < -0.4 is 10.5 Å². The fourth-order valence-electron chi connectivity index (χ4n) is 2.54. The summed E-state index contributed by atoms with van der Waals surface area (Å²) < 4.78 is 23.1. The number of primary sulfonamides is 1. The monoisotopic (exact) mass is 300 g/mol. The number of nitrogens with one attached hydrogen (secondary N) is 1. The van der Waals surface area contributed by atoms with Gasteiger partial charge in [0.2, 0.25) is 10.0 Å². The molecule has 106 valence electrons. The largest absolute Gasteiger partial charge is 0.381 e. The molecule has 2 atom stereocenters. The highest BCUT2D eigenvalue weighted by molar-refractivity contribution is 7.99. The molecule has 1 aromatic carbocycles. The second kappa shape index (κ2) is 6.15. The van der Waals surface area contributed by atoms with Gasteiger partial charge in [0.15, 0.2) is 0 Å². The van der Waals surface area contributed by atoms with E-state index in [9.17, 15) is 8.42 Å². The van der Waals surface area contributed by atoms with E-state index in [0.717, 1.165) is 12.8 Å². The van der Waals surface area contributed by atoms with Crippen LogP contribution in [-0.2, 0) is 10.0 Å². The van der Waals surface area contributed by atoms with Gasteiger partial charge in [0.05, 0.1) is 5.69 Å². The third-order valence-corrected chi connectivity index (χ3v) is 5.58. The third-order valence-electron chi connectivity index (χ3n) is 3.51. The van der Waals surface area contributed by atoms with Crippen LogP contribution in [0.5, 0.6) is 0 Å². The van der Waals surface area contributed by atoms with Crippen LogP contribution in [0.2, 0.25) is 0 Å². The number of hydrogen-bond acceptors (Lipinski definition) is 4. The van der Waals surface area contributed by atoms with Crippen LogP contribution in [0.25, 0.3) is 0 Å². The summed E-state index contributed by atoms with van der Waals surface area (Å²) >= 11 is 1.89.